The van der Waals surface area contributed by atoms with E-state index < -0.39 is 0 Å². The maximum absolute atomic E-state index is 4.74. The molecule has 2 aliphatic carbocycles. The van der Waals surface area contributed by atoms with Gasteiger partial charge in [-0.3, -0.25) is 0 Å². The first kappa shape index (κ1) is 19.8. The van der Waals surface area contributed by atoms with Gasteiger partial charge in [-0.15, -0.1) is 0 Å². The van der Waals surface area contributed by atoms with Gasteiger partial charge in [0.1, 0.15) is 0 Å². The Balaban J connectivity index is 0.000000324. The third kappa shape index (κ3) is 10.2. The molecule has 2 aliphatic rings. The molecule has 0 aromatic carbocycles. The molecule has 2 N–H and O–H groups in total. The van der Waals surface area contributed by atoms with Gasteiger partial charge in [0.05, 0.1) is 0 Å². The zero-order valence-corrected chi connectivity index (χ0v) is 17.4. The second-order valence-corrected chi connectivity index (χ2v) is 6.98. The van der Waals surface area contributed by atoms with Crippen LogP contribution in [0.1, 0.15) is 51.4 Å². The monoisotopic (exact) mass is 384 g/mol. The SMILES string of the molecule is S=C([S-])NC1CCCC1.S=C([S-])NC1CCCC1.[Zn+2]. The Morgan fingerprint density at radius 3 is 1.21 bits per heavy atom. The zero-order valence-electron chi connectivity index (χ0n) is 11.2. The quantitative estimate of drug-likeness (QED) is 0.430. The van der Waals surface area contributed by atoms with Crippen LogP contribution in [0.4, 0.5) is 0 Å². The molecule has 0 aromatic heterocycles. The van der Waals surface area contributed by atoms with E-state index in [1.165, 1.54) is 51.4 Å². The van der Waals surface area contributed by atoms with Gasteiger partial charge in [-0.1, -0.05) is 34.3 Å². The molecule has 0 atom stereocenters. The Morgan fingerprint density at radius 2 is 1.00 bits per heavy atom. The van der Waals surface area contributed by atoms with E-state index in [0.29, 0.717) is 20.7 Å². The van der Waals surface area contributed by atoms with Crippen molar-refractivity contribution in [3.05, 3.63) is 0 Å². The Labute approximate surface area is 151 Å². The molecule has 0 spiro atoms. The summed E-state index contributed by atoms with van der Waals surface area (Å²) in [6, 6.07) is 1.19. The van der Waals surface area contributed by atoms with E-state index in [4.69, 9.17) is 49.7 Å². The molecule has 0 radical (unpaired) electrons. The van der Waals surface area contributed by atoms with Gasteiger partial charge in [0.25, 0.3) is 0 Å². The average molecular weight is 386 g/mol. The third-order valence-electron chi connectivity index (χ3n) is 3.35. The molecule has 0 heterocycles. The van der Waals surface area contributed by atoms with Crippen molar-refractivity contribution in [3.63, 3.8) is 0 Å². The fraction of sp³-hybridized carbons (Fsp3) is 0.833. The van der Waals surface area contributed by atoms with Crippen LogP contribution in [0.25, 0.3) is 0 Å². The predicted octanol–water partition coefficient (Wildman–Crippen LogP) is 2.70. The molecule has 104 valence electrons. The maximum atomic E-state index is 4.74. The topological polar surface area (TPSA) is 24.1 Å². The normalized spacial score (nSPS) is 18.9. The molecule has 2 nitrogen and oxygen atoms in total. The summed E-state index contributed by atoms with van der Waals surface area (Å²) < 4.78 is 1.06. The Hall–Kier alpha value is 0.843. The molecule has 0 bridgehead atoms. The second-order valence-electron chi connectivity index (χ2n) is 4.83. The van der Waals surface area contributed by atoms with E-state index in [1.807, 2.05) is 0 Å². The van der Waals surface area contributed by atoms with Gasteiger partial charge < -0.3 is 60.3 Å². The van der Waals surface area contributed by atoms with Crippen molar-refractivity contribution in [1.82, 2.24) is 10.6 Å². The molecular formula is C12H20N2S4Zn. The molecule has 0 aromatic rings. The van der Waals surface area contributed by atoms with Crippen LogP contribution in [-0.4, -0.2) is 20.7 Å². The first-order valence-corrected chi connectivity index (χ1v) is 8.16. The van der Waals surface area contributed by atoms with Gasteiger partial charge in [-0.25, -0.2) is 0 Å². The minimum atomic E-state index is 0. The number of hydrogen-bond acceptors (Lipinski definition) is 4. The van der Waals surface area contributed by atoms with Crippen LogP contribution in [-0.2, 0) is 44.7 Å². The summed E-state index contributed by atoms with van der Waals surface area (Å²) in [5.41, 5.74) is 0. The van der Waals surface area contributed by atoms with Crippen molar-refractivity contribution in [3.8, 4) is 0 Å². The molecule has 0 saturated heterocycles. The Morgan fingerprint density at radius 1 is 0.737 bits per heavy atom. The molecule has 0 unspecified atom stereocenters. The van der Waals surface area contributed by atoms with Gasteiger partial charge in [0, 0.05) is 12.1 Å². The minimum absolute atomic E-state index is 0. The van der Waals surface area contributed by atoms with Crippen molar-refractivity contribution in [2.75, 3.05) is 0 Å². The number of rotatable bonds is 2. The van der Waals surface area contributed by atoms with Crippen LogP contribution in [0.2, 0.25) is 0 Å². The summed E-state index contributed by atoms with van der Waals surface area (Å²) in [6.07, 6.45) is 10.3. The van der Waals surface area contributed by atoms with Gasteiger partial charge in [0.2, 0.25) is 0 Å². The molecule has 2 rings (SSSR count). The average Bonchev–Trinajstić information content (AvgIpc) is 2.90. The predicted molar refractivity (Wildman–Crippen MR) is 90.7 cm³/mol. The van der Waals surface area contributed by atoms with Crippen LogP contribution in [0.3, 0.4) is 0 Å². The van der Waals surface area contributed by atoms with Crippen molar-refractivity contribution in [2.45, 2.75) is 63.5 Å². The molecule has 2 fully saturated rings. The molecule has 2 saturated carbocycles. The van der Waals surface area contributed by atoms with Crippen LogP contribution < -0.4 is 10.6 Å². The minimum Gasteiger partial charge on any atom is -0.412 e. The molecular weight excluding hydrogens is 366 g/mol. The summed E-state index contributed by atoms with van der Waals surface area (Å²) in [7, 11) is 0. The van der Waals surface area contributed by atoms with Crippen molar-refractivity contribution in [1.29, 1.82) is 0 Å². The Kier molecular flexibility index (Phi) is 12.0. The zero-order chi connectivity index (χ0) is 13.4. The smallest absolute Gasteiger partial charge is 0.412 e. The van der Waals surface area contributed by atoms with Gasteiger partial charge >= 0.3 is 19.5 Å². The van der Waals surface area contributed by atoms with Crippen LogP contribution in [0, 0.1) is 0 Å². The van der Waals surface area contributed by atoms with E-state index in [0.717, 1.165) is 0 Å². The number of thiocarbonyl (C=S) groups is 2. The van der Waals surface area contributed by atoms with E-state index in [1.54, 1.807) is 0 Å². The van der Waals surface area contributed by atoms with E-state index >= 15 is 0 Å². The van der Waals surface area contributed by atoms with Crippen LogP contribution in [0.5, 0.6) is 0 Å². The largest absolute Gasteiger partial charge is 2.00 e. The number of nitrogens with one attached hydrogen (secondary N) is 2. The molecule has 19 heavy (non-hydrogen) atoms. The first-order valence-electron chi connectivity index (χ1n) is 6.53. The van der Waals surface area contributed by atoms with E-state index in [9.17, 15) is 0 Å². The van der Waals surface area contributed by atoms with E-state index in [2.05, 4.69) is 10.6 Å². The van der Waals surface area contributed by atoms with Crippen LogP contribution >= 0.6 is 24.4 Å². The van der Waals surface area contributed by atoms with Gasteiger partial charge in [-0.2, -0.15) is 0 Å². The molecule has 0 amide bonds. The summed E-state index contributed by atoms with van der Waals surface area (Å²) in [5, 5.41) is 6.18. The third-order valence-corrected chi connectivity index (χ3v) is 3.83. The van der Waals surface area contributed by atoms with Crippen molar-refractivity contribution < 1.29 is 19.5 Å². The van der Waals surface area contributed by atoms with Gasteiger partial charge in [0.15, 0.2) is 0 Å². The van der Waals surface area contributed by atoms with Crippen LogP contribution in [0.15, 0.2) is 0 Å². The van der Waals surface area contributed by atoms with Crippen molar-refractivity contribution in [2.24, 2.45) is 0 Å². The fourth-order valence-corrected chi connectivity index (χ4v) is 3.14. The van der Waals surface area contributed by atoms with E-state index in [-0.39, 0.29) is 19.5 Å². The Bertz CT molecular complexity index is 249. The maximum Gasteiger partial charge on any atom is 2.00 e. The summed E-state index contributed by atoms with van der Waals surface area (Å²) >= 11 is 18.9. The van der Waals surface area contributed by atoms with Gasteiger partial charge in [-0.05, 0) is 25.7 Å². The summed E-state index contributed by atoms with van der Waals surface area (Å²) in [6.45, 7) is 0. The summed E-state index contributed by atoms with van der Waals surface area (Å²) in [5.74, 6) is 0. The molecule has 0 aliphatic heterocycles. The van der Waals surface area contributed by atoms with Crippen molar-refractivity contribution >= 4 is 58.3 Å². The second kappa shape index (κ2) is 11.5. The summed E-state index contributed by atoms with van der Waals surface area (Å²) in [4.78, 5) is 0. The standard InChI is InChI=1S/2C6H11NS2.Zn/c2*8-6(9)7-5-3-1-2-4-5;/h2*5H,1-4H2,(H2,7,8,9);/q;;+2/p-2. The first-order chi connectivity index (χ1) is 8.58. The number of hydrogen-bond donors (Lipinski definition) is 2. The fourth-order valence-electron chi connectivity index (χ4n) is 2.47. The molecule has 7 heteroatoms.